The summed E-state index contributed by atoms with van der Waals surface area (Å²) in [5.41, 5.74) is 0. The van der Waals surface area contributed by atoms with E-state index < -0.39 is 0 Å². The Kier molecular flexibility index (Phi) is 2.81. The summed E-state index contributed by atoms with van der Waals surface area (Å²) in [5.74, 6) is 0. The Morgan fingerprint density at radius 2 is 1.00 bits per heavy atom. The standard InChI is InChI=1S/C3H6.Na/c1-2-3-1;/h1-3H2;. The first-order valence-electron chi connectivity index (χ1n) is 1.50. The molecule has 0 unspecified atom stereocenters. The molecular weight excluding hydrogens is 59.0 g/mol. The Hall–Kier alpha value is 1.00. The van der Waals surface area contributed by atoms with Gasteiger partial charge in [-0.1, -0.05) is 19.3 Å². The maximum Gasteiger partial charge on any atom is 0 e. The van der Waals surface area contributed by atoms with E-state index in [0.717, 1.165) is 0 Å². The number of rotatable bonds is 0. The van der Waals surface area contributed by atoms with Crippen LogP contribution in [0.2, 0.25) is 0 Å². The summed E-state index contributed by atoms with van der Waals surface area (Å²) in [6, 6.07) is 0. The van der Waals surface area contributed by atoms with Crippen LogP contribution in [-0.2, 0) is 0 Å². The van der Waals surface area contributed by atoms with Crippen molar-refractivity contribution in [1.29, 1.82) is 0 Å². The second kappa shape index (κ2) is 2.25. The van der Waals surface area contributed by atoms with Crippen molar-refractivity contribution in [3.05, 3.63) is 0 Å². The molecule has 1 aliphatic rings. The fourth-order valence-corrected chi connectivity index (χ4v) is 0. The molecule has 1 rings (SSSR count). The second-order valence-corrected chi connectivity index (χ2v) is 1.06. The van der Waals surface area contributed by atoms with Crippen LogP contribution in [0.25, 0.3) is 0 Å². The summed E-state index contributed by atoms with van der Waals surface area (Å²) >= 11 is 0. The fourth-order valence-electron chi connectivity index (χ4n) is 0. The van der Waals surface area contributed by atoms with Crippen LogP contribution in [0.15, 0.2) is 0 Å². The predicted octanol–water partition coefficient (Wildman–Crippen LogP) is 0.789. The van der Waals surface area contributed by atoms with Crippen LogP contribution in [0.1, 0.15) is 19.3 Å². The van der Waals surface area contributed by atoms with E-state index in [1.165, 1.54) is 19.3 Å². The molecule has 4 heavy (non-hydrogen) atoms. The third-order valence-electron chi connectivity index (χ3n) is 0.354. The normalized spacial score (nSPS) is 18.0. The summed E-state index contributed by atoms with van der Waals surface area (Å²) in [6.07, 6.45) is 4.50. The molecule has 0 heterocycles. The van der Waals surface area contributed by atoms with Gasteiger partial charge in [0.05, 0.1) is 0 Å². The molecule has 0 N–H and O–H groups in total. The average Bonchev–Trinajstić information content (AvgIpc) is 1.46. The zero-order valence-corrected chi connectivity index (χ0v) is 5.12. The van der Waals surface area contributed by atoms with Gasteiger partial charge in [0.2, 0.25) is 0 Å². The maximum absolute atomic E-state index is 1.50. The van der Waals surface area contributed by atoms with Gasteiger partial charge in [-0.3, -0.25) is 0 Å². The first-order valence-corrected chi connectivity index (χ1v) is 1.50. The quantitative estimate of drug-likeness (QED) is 0.366. The molecular formula is C3H6Na. The van der Waals surface area contributed by atoms with Crippen LogP contribution in [0, 0.1) is 0 Å². The minimum atomic E-state index is 0. The molecule has 0 aromatic rings. The minimum absolute atomic E-state index is 0. The van der Waals surface area contributed by atoms with Gasteiger partial charge in [-0.15, -0.1) is 0 Å². The van der Waals surface area contributed by atoms with E-state index in [0.29, 0.717) is 0 Å². The molecule has 0 spiro atoms. The maximum atomic E-state index is 1.50. The van der Waals surface area contributed by atoms with Gasteiger partial charge in [-0.25, -0.2) is 0 Å². The van der Waals surface area contributed by atoms with Crippen molar-refractivity contribution >= 4 is 29.6 Å². The molecule has 1 heteroatoms. The molecule has 0 aromatic heterocycles. The van der Waals surface area contributed by atoms with Crippen molar-refractivity contribution < 1.29 is 0 Å². The summed E-state index contributed by atoms with van der Waals surface area (Å²) < 4.78 is 0. The van der Waals surface area contributed by atoms with Gasteiger partial charge in [-0.05, 0) is 0 Å². The van der Waals surface area contributed by atoms with Crippen molar-refractivity contribution in [3.8, 4) is 0 Å². The summed E-state index contributed by atoms with van der Waals surface area (Å²) in [6.45, 7) is 0. The van der Waals surface area contributed by atoms with Crippen LogP contribution in [0.4, 0.5) is 0 Å². The Balaban J connectivity index is 0.0000000900. The second-order valence-electron chi connectivity index (χ2n) is 1.06. The van der Waals surface area contributed by atoms with E-state index in [2.05, 4.69) is 0 Å². The number of hydrogen-bond donors (Lipinski definition) is 0. The first kappa shape index (κ1) is 5.00. The van der Waals surface area contributed by atoms with Crippen molar-refractivity contribution in [3.63, 3.8) is 0 Å². The van der Waals surface area contributed by atoms with E-state index in [-0.39, 0.29) is 29.6 Å². The largest absolute Gasteiger partial charge is 0.0533 e. The average molecular weight is 65.1 g/mol. The molecule has 19 valence electrons. The number of hydrogen-bond acceptors (Lipinski definition) is 0. The van der Waals surface area contributed by atoms with Gasteiger partial charge in [0.15, 0.2) is 0 Å². The van der Waals surface area contributed by atoms with Crippen LogP contribution >= 0.6 is 0 Å². The van der Waals surface area contributed by atoms with Crippen LogP contribution < -0.4 is 0 Å². The first-order chi connectivity index (χ1) is 1.50. The third-order valence-corrected chi connectivity index (χ3v) is 0.354. The van der Waals surface area contributed by atoms with Gasteiger partial charge >= 0.3 is 0 Å². The smallest absolute Gasteiger partial charge is 0 e. The molecule has 0 nitrogen and oxygen atoms in total. The molecule has 1 saturated carbocycles. The third kappa shape index (κ3) is 3.00. The molecule has 0 aromatic carbocycles. The SMILES string of the molecule is C1CC1.[Na]. The fraction of sp³-hybridized carbons (Fsp3) is 1.00. The molecule has 0 aliphatic heterocycles. The van der Waals surface area contributed by atoms with E-state index >= 15 is 0 Å². The van der Waals surface area contributed by atoms with Gasteiger partial charge in [-0.2, -0.15) is 0 Å². The van der Waals surface area contributed by atoms with Crippen molar-refractivity contribution in [2.45, 2.75) is 19.3 Å². The predicted molar refractivity (Wildman–Crippen MR) is 19.6 cm³/mol. The van der Waals surface area contributed by atoms with E-state index in [1.54, 1.807) is 0 Å². The van der Waals surface area contributed by atoms with Gasteiger partial charge < -0.3 is 0 Å². The Morgan fingerprint density at radius 1 is 0.750 bits per heavy atom. The topological polar surface area (TPSA) is 0 Å². The summed E-state index contributed by atoms with van der Waals surface area (Å²) in [7, 11) is 0. The van der Waals surface area contributed by atoms with Crippen molar-refractivity contribution in [2.24, 2.45) is 0 Å². The monoisotopic (exact) mass is 65.0 g/mol. The van der Waals surface area contributed by atoms with E-state index in [4.69, 9.17) is 0 Å². The minimum Gasteiger partial charge on any atom is -0.0533 e. The van der Waals surface area contributed by atoms with Crippen molar-refractivity contribution in [2.75, 3.05) is 0 Å². The van der Waals surface area contributed by atoms with E-state index in [9.17, 15) is 0 Å². The van der Waals surface area contributed by atoms with Gasteiger partial charge in [0, 0.05) is 29.6 Å². The Labute approximate surface area is 48.9 Å². The Bertz CT molecular complexity index is 8.00. The molecule has 0 bridgehead atoms. The van der Waals surface area contributed by atoms with Gasteiger partial charge in [0.25, 0.3) is 0 Å². The molecule has 1 fully saturated rings. The Morgan fingerprint density at radius 3 is 1.00 bits per heavy atom. The molecule has 0 saturated heterocycles. The van der Waals surface area contributed by atoms with Crippen molar-refractivity contribution in [1.82, 2.24) is 0 Å². The zero-order chi connectivity index (χ0) is 2.12. The molecule has 0 atom stereocenters. The molecule has 1 radical (unpaired) electrons. The van der Waals surface area contributed by atoms with E-state index in [1.807, 2.05) is 0 Å². The summed E-state index contributed by atoms with van der Waals surface area (Å²) in [4.78, 5) is 0. The molecule has 1 aliphatic carbocycles. The van der Waals surface area contributed by atoms with Crippen LogP contribution in [0.5, 0.6) is 0 Å². The van der Waals surface area contributed by atoms with Gasteiger partial charge in [0.1, 0.15) is 0 Å². The van der Waals surface area contributed by atoms with Crippen LogP contribution in [0.3, 0.4) is 0 Å². The zero-order valence-electron chi connectivity index (χ0n) is 3.12. The van der Waals surface area contributed by atoms with Crippen LogP contribution in [-0.4, -0.2) is 29.6 Å². The summed E-state index contributed by atoms with van der Waals surface area (Å²) in [5, 5.41) is 0. The molecule has 0 amide bonds.